The largest absolute Gasteiger partial charge is 0.464 e. The number of hydrogen-bond donors (Lipinski definition) is 0. The summed E-state index contributed by atoms with van der Waals surface area (Å²) in [6, 6.07) is 3.65. The van der Waals surface area contributed by atoms with Gasteiger partial charge in [0.1, 0.15) is 0 Å². The Morgan fingerprint density at radius 3 is 2.60 bits per heavy atom. The summed E-state index contributed by atoms with van der Waals surface area (Å²) < 4.78 is 19.0. The molecule has 0 aliphatic carbocycles. The number of halogens is 2. The highest BCUT2D eigenvalue weighted by Crippen LogP contribution is 2.35. The maximum absolute atomic E-state index is 13.7. The second-order valence-electron chi connectivity index (χ2n) is 4.30. The minimum Gasteiger partial charge on any atom is -0.464 e. The molecule has 0 saturated carbocycles. The van der Waals surface area contributed by atoms with E-state index in [0.29, 0.717) is 11.3 Å². The first kappa shape index (κ1) is 14.3. The molecule has 1 aromatic rings. The maximum Gasteiger partial charge on any atom is 0.296 e. The van der Waals surface area contributed by atoms with Crippen LogP contribution >= 0.6 is 11.6 Å². The van der Waals surface area contributed by atoms with E-state index in [0.717, 1.165) is 6.07 Å². The highest BCUT2D eigenvalue weighted by molar-refractivity contribution is 6.30. The lowest BCUT2D eigenvalue weighted by atomic mass is 9.87. The molecule has 2 rings (SSSR count). The minimum absolute atomic E-state index is 0.0743. The van der Waals surface area contributed by atoms with Crippen LogP contribution in [0.1, 0.15) is 19.8 Å². The number of β-lactam (4-membered cyclic amide) rings is 2. The second-order valence-corrected chi connectivity index (χ2v) is 4.74. The summed E-state index contributed by atoms with van der Waals surface area (Å²) in [5.41, 5.74) is -1.81. The van der Waals surface area contributed by atoms with E-state index in [2.05, 4.69) is 0 Å². The number of carbonyl (C=O) groups is 2. The molecule has 0 N–H and O–H groups in total. The lowest BCUT2D eigenvalue weighted by Gasteiger charge is -2.41. The first-order valence-corrected chi connectivity index (χ1v) is 6.27. The van der Waals surface area contributed by atoms with Gasteiger partial charge in [-0.25, -0.2) is 4.39 Å². The van der Waals surface area contributed by atoms with Gasteiger partial charge in [0.15, 0.2) is 17.8 Å². The molecule has 1 saturated heterocycles. The molecule has 1 aliphatic heterocycles. The molecule has 1 heterocycles. The van der Waals surface area contributed by atoms with Crippen molar-refractivity contribution in [3.05, 3.63) is 29.0 Å². The van der Waals surface area contributed by atoms with Gasteiger partial charge in [-0.05, 0) is 18.2 Å². The molecule has 0 bridgehead atoms. The Bertz CT molecular complexity index is 611. The molecule has 7 heteroatoms. The molecule has 2 amide bonds. The summed E-state index contributed by atoms with van der Waals surface area (Å²) in [5.74, 6) is -2.58. The topological polar surface area (TPSA) is 70.4 Å². The van der Waals surface area contributed by atoms with E-state index < -0.39 is 23.2 Å². The van der Waals surface area contributed by atoms with Crippen LogP contribution in [0.15, 0.2) is 18.2 Å². The Hall–Kier alpha value is -2.13. The van der Waals surface area contributed by atoms with Crippen molar-refractivity contribution in [3.8, 4) is 11.9 Å². The third kappa shape index (κ3) is 2.00. The normalized spacial score (nSPS) is 16.6. The first-order chi connectivity index (χ1) is 9.46. The Morgan fingerprint density at radius 1 is 1.45 bits per heavy atom. The maximum atomic E-state index is 13.7. The van der Waals surface area contributed by atoms with Crippen LogP contribution in [0, 0.1) is 17.3 Å². The molecule has 1 aliphatic rings. The van der Waals surface area contributed by atoms with Gasteiger partial charge >= 0.3 is 0 Å². The van der Waals surface area contributed by atoms with Crippen molar-refractivity contribution >= 4 is 23.4 Å². The third-order valence-electron chi connectivity index (χ3n) is 2.98. The zero-order valence-electron chi connectivity index (χ0n) is 10.5. The molecule has 0 radical (unpaired) electrons. The fourth-order valence-corrected chi connectivity index (χ4v) is 2.19. The lowest BCUT2D eigenvalue weighted by molar-refractivity contribution is -0.180. The van der Waals surface area contributed by atoms with E-state index in [-0.39, 0.29) is 17.2 Å². The smallest absolute Gasteiger partial charge is 0.296 e. The van der Waals surface area contributed by atoms with Crippen LogP contribution in [0.3, 0.4) is 0 Å². The van der Waals surface area contributed by atoms with Crippen LogP contribution in [0.2, 0.25) is 5.02 Å². The zero-order valence-corrected chi connectivity index (χ0v) is 11.3. The van der Waals surface area contributed by atoms with E-state index in [9.17, 15) is 14.0 Å². The highest BCUT2D eigenvalue weighted by Gasteiger charge is 2.64. The van der Waals surface area contributed by atoms with Gasteiger partial charge in [0.25, 0.3) is 17.4 Å². The summed E-state index contributed by atoms with van der Waals surface area (Å²) in [6.45, 7) is 1.75. The van der Waals surface area contributed by atoms with E-state index in [4.69, 9.17) is 21.6 Å². The predicted molar refractivity (Wildman–Crippen MR) is 67.1 cm³/mol. The van der Waals surface area contributed by atoms with Crippen LogP contribution in [-0.2, 0) is 9.59 Å². The average Bonchev–Trinajstić information content (AvgIpc) is 2.41. The number of nitrogens with zero attached hydrogens (tertiary/aromatic N) is 2. The van der Waals surface area contributed by atoms with E-state index in [1.54, 1.807) is 6.92 Å². The molecule has 0 unspecified atom stereocenters. The van der Waals surface area contributed by atoms with Crippen LogP contribution in [0.4, 0.5) is 4.39 Å². The number of amides is 2. The number of rotatable bonds is 4. The van der Waals surface area contributed by atoms with Crippen molar-refractivity contribution in [2.45, 2.75) is 25.4 Å². The van der Waals surface area contributed by atoms with Crippen LogP contribution in [0.25, 0.3) is 0 Å². The number of carbonyl (C=O) groups excluding carboxylic acids is 2. The lowest BCUT2D eigenvalue weighted by Crippen LogP contribution is -2.72. The van der Waals surface area contributed by atoms with Gasteiger partial charge in [-0.2, -0.15) is 10.2 Å². The molecule has 1 fully saturated rings. The summed E-state index contributed by atoms with van der Waals surface area (Å²) >= 11 is 5.62. The Labute approximate surface area is 119 Å². The van der Waals surface area contributed by atoms with Crippen molar-refractivity contribution in [2.24, 2.45) is 0 Å². The molecule has 0 aromatic heterocycles. The SMILES string of the molecule is CCCC1(Oc2ccc(Cl)cc2F)C(=O)N(C#N)C1=O. The van der Waals surface area contributed by atoms with Crippen molar-refractivity contribution in [3.63, 3.8) is 0 Å². The number of hydrogen-bond acceptors (Lipinski definition) is 4. The van der Waals surface area contributed by atoms with Gasteiger partial charge in [0.05, 0.1) is 0 Å². The van der Waals surface area contributed by atoms with Gasteiger partial charge in [-0.3, -0.25) is 9.59 Å². The molecule has 0 spiro atoms. The highest BCUT2D eigenvalue weighted by atomic mass is 35.5. The molecule has 5 nitrogen and oxygen atoms in total. The van der Waals surface area contributed by atoms with Gasteiger partial charge < -0.3 is 4.74 Å². The first-order valence-electron chi connectivity index (χ1n) is 5.89. The number of benzene rings is 1. The van der Waals surface area contributed by atoms with Crippen LogP contribution in [-0.4, -0.2) is 22.3 Å². The van der Waals surface area contributed by atoms with Gasteiger partial charge in [0.2, 0.25) is 0 Å². The second kappa shape index (κ2) is 5.10. The molecule has 1 aromatic carbocycles. The number of nitriles is 1. The summed E-state index contributed by atoms with van der Waals surface area (Å²) in [7, 11) is 0. The Morgan fingerprint density at radius 2 is 2.10 bits per heavy atom. The fourth-order valence-electron chi connectivity index (χ4n) is 2.03. The molecule has 20 heavy (non-hydrogen) atoms. The Kier molecular flexibility index (Phi) is 3.64. The Balaban J connectivity index is 2.34. The molecule has 0 atom stereocenters. The number of imide groups is 1. The molecular formula is C13H10ClFN2O3. The van der Waals surface area contributed by atoms with Crippen molar-refractivity contribution < 1.29 is 18.7 Å². The fraction of sp³-hybridized carbons (Fsp3) is 0.308. The minimum atomic E-state index is -1.81. The summed E-state index contributed by atoms with van der Waals surface area (Å²) in [6.07, 6.45) is 2.00. The average molecular weight is 297 g/mol. The predicted octanol–water partition coefficient (Wildman–Crippen LogP) is 2.25. The van der Waals surface area contributed by atoms with Gasteiger partial charge in [0, 0.05) is 11.4 Å². The van der Waals surface area contributed by atoms with Crippen LogP contribution < -0.4 is 4.74 Å². The van der Waals surface area contributed by atoms with Gasteiger partial charge in [-0.1, -0.05) is 24.9 Å². The summed E-state index contributed by atoms with van der Waals surface area (Å²) in [4.78, 5) is 24.2. The monoisotopic (exact) mass is 296 g/mol. The van der Waals surface area contributed by atoms with Crippen molar-refractivity contribution in [2.75, 3.05) is 0 Å². The number of ether oxygens (including phenoxy) is 1. The van der Waals surface area contributed by atoms with E-state index in [1.807, 2.05) is 0 Å². The van der Waals surface area contributed by atoms with E-state index in [1.165, 1.54) is 18.3 Å². The molecule has 104 valence electrons. The van der Waals surface area contributed by atoms with E-state index >= 15 is 0 Å². The standard InChI is InChI=1S/C13H10ClFN2O3/c1-2-5-13(11(18)17(7-16)12(13)19)20-10-4-3-8(14)6-9(10)15/h3-4,6H,2,5H2,1H3. The number of likely N-dealkylation sites (tertiary alicyclic amines) is 1. The third-order valence-corrected chi connectivity index (χ3v) is 3.21. The quantitative estimate of drug-likeness (QED) is 0.485. The molecular weight excluding hydrogens is 287 g/mol. The summed E-state index contributed by atoms with van der Waals surface area (Å²) in [5, 5.41) is 8.84. The van der Waals surface area contributed by atoms with Gasteiger partial charge in [-0.15, -0.1) is 0 Å². The van der Waals surface area contributed by atoms with Crippen molar-refractivity contribution in [1.29, 1.82) is 5.26 Å². The zero-order chi connectivity index (χ0) is 14.9. The van der Waals surface area contributed by atoms with Crippen LogP contribution in [0.5, 0.6) is 5.75 Å². The van der Waals surface area contributed by atoms with Crippen molar-refractivity contribution in [1.82, 2.24) is 4.90 Å².